The van der Waals surface area contributed by atoms with E-state index in [0.29, 0.717) is 15.8 Å². The maximum Gasteiger partial charge on any atom is 0.211 e. The molecular formula is C19H17Cl2NO. The predicted molar refractivity (Wildman–Crippen MR) is 96.7 cm³/mol. The van der Waals surface area contributed by atoms with E-state index >= 15 is 0 Å². The molecule has 2 aliphatic heterocycles. The summed E-state index contributed by atoms with van der Waals surface area (Å²) in [6, 6.07) is 12.1. The van der Waals surface area contributed by atoms with E-state index in [9.17, 15) is 0 Å². The summed E-state index contributed by atoms with van der Waals surface area (Å²) in [6.07, 6.45) is 4.20. The second-order valence-corrected chi connectivity index (χ2v) is 7.40. The number of hydrogen-bond donors (Lipinski definition) is 0. The van der Waals surface area contributed by atoms with Gasteiger partial charge in [0.25, 0.3) is 0 Å². The van der Waals surface area contributed by atoms with Gasteiger partial charge in [-0.15, -0.1) is 0 Å². The van der Waals surface area contributed by atoms with Crippen molar-refractivity contribution in [1.29, 1.82) is 0 Å². The third-order valence-electron chi connectivity index (χ3n) is 5.16. The quantitative estimate of drug-likeness (QED) is 0.622. The van der Waals surface area contributed by atoms with E-state index in [4.69, 9.17) is 27.9 Å². The molecule has 1 spiro atoms. The number of likely N-dealkylation sites (N-methyl/N-ethyl adjacent to an activating group) is 1. The van der Waals surface area contributed by atoms with Gasteiger partial charge in [0.05, 0.1) is 10.4 Å². The lowest BCUT2D eigenvalue weighted by atomic mass is 9.76. The summed E-state index contributed by atoms with van der Waals surface area (Å²) in [5.41, 5.74) is 2.51. The SMILES string of the molecule is CN1c2ccccc2C(C)(C)C12C=Cc1ccc(Cl)c(Cl)c1O2. The fraction of sp³-hybridized carbons (Fsp3) is 0.263. The van der Waals surface area contributed by atoms with Gasteiger partial charge in [0.2, 0.25) is 5.72 Å². The van der Waals surface area contributed by atoms with E-state index in [-0.39, 0.29) is 5.41 Å². The minimum Gasteiger partial charge on any atom is -0.461 e. The summed E-state index contributed by atoms with van der Waals surface area (Å²) in [5.74, 6) is 0.648. The van der Waals surface area contributed by atoms with E-state index in [0.717, 1.165) is 5.56 Å². The molecule has 0 radical (unpaired) electrons. The second-order valence-electron chi connectivity index (χ2n) is 6.61. The molecule has 2 aliphatic rings. The molecule has 0 aromatic heterocycles. The van der Waals surface area contributed by atoms with E-state index in [2.05, 4.69) is 62.2 Å². The highest BCUT2D eigenvalue weighted by molar-refractivity contribution is 6.43. The zero-order chi connectivity index (χ0) is 16.4. The Kier molecular flexibility index (Phi) is 3.04. The number of para-hydroxylation sites is 1. The summed E-state index contributed by atoms with van der Waals surface area (Å²) in [5, 5.41) is 0.972. The Bertz CT molecular complexity index is 843. The maximum atomic E-state index is 6.52. The van der Waals surface area contributed by atoms with E-state index in [1.54, 1.807) is 6.07 Å². The lowest BCUT2D eigenvalue weighted by molar-refractivity contribution is 0.0583. The fourth-order valence-corrected chi connectivity index (χ4v) is 4.14. The highest BCUT2D eigenvalue weighted by Gasteiger charge is 2.57. The molecule has 2 aromatic rings. The fourth-order valence-electron chi connectivity index (χ4n) is 3.78. The number of rotatable bonds is 0. The first-order valence-corrected chi connectivity index (χ1v) is 8.34. The van der Waals surface area contributed by atoms with Crippen LogP contribution in [-0.4, -0.2) is 12.8 Å². The Balaban J connectivity index is 1.93. The van der Waals surface area contributed by atoms with Crippen LogP contribution in [0, 0.1) is 0 Å². The first-order valence-electron chi connectivity index (χ1n) is 7.58. The van der Waals surface area contributed by atoms with Gasteiger partial charge in [-0.25, -0.2) is 0 Å². The maximum absolute atomic E-state index is 6.52. The van der Waals surface area contributed by atoms with Crippen LogP contribution in [0.1, 0.15) is 25.0 Å². The normalized spacial score (nSPS) is 23.6. The molecule has 2 aromatic carbocycles. The van der Waals surface area contributed by atoms with Gasteiger partial charge in [0, 0.05) is 18.3 Å². The molecule has 0 amide bonds. The van der Waals surface area contributed by atoms with Crippen molar-refractivity contribution in [1.82, 2.24) is 0 Å². The number of benzene rings is 2. The molecule has 4 rings (SSSR count). The molecule has 2 heterocycles. The average Bonchev–Trinajstić information content (AvgIpc) is 2.71. The Morgan fingerprint density at radius 3 is 2.52 bits per heavy atom. The third-order valence-corrected chi connectivity index (χ3v) is 5.95. The monoisotopic (exact) mass is 345 g/mol. The molecule has 0 saturated heterocycles. The topological polar surface area (TPSA) is 12.5 Å². The summed E-state index contributed by atoms with van der Waals surface area (Å²) >= 11 is 12.6. The largest absolute Gasteiger partial charge is 0.461 e. The number of halogens is 2. The van der Waals surface area contributed by atoms with Gasteiger partial charge in [0.15, 0.2) is 0 Å². The highest BCUT2D eigenvalue weighted by Crippen LogP contribution is 2.55. The van der Waals surface area contributed by atoms with Gasteiger partial charge in [-0.05, 0) is 49.8 Å². The van der Waals surface area contributed by atoms with Gasteiger partial charge in [-0.1, -0.05) is 41.4 Å². The lowest BCUT2D eigenvalue weighted by Crippen LogP contribution is -2.58. The van der Waals surface area contributed by atoms with Crippen LogP contribution in [-0.2, 0) is 5.41 Å². The van der Waals surface area contributed by atoms with Crippen molar-refractivity contribution < 1.29 is 4.74 Å². The van der Waals surface area contributed by atoms with Crippen molar-refractivity contribution in [3.05, 3.63) is 63.6 Å². The Labute approximate surface area is 146 Å². The van der Waals surface area contributed by atoms with Gasteiger partial charge in [-0.3, -0.25) is 0 Å². The summed E-state index contributed by atoms with van der Waals surface area (Å²) in [7, 11) is 2.06. The minimum absolute atomic E-state index is 0.238. The van der Waals surface area contributed by atoms with Crippen LogP contribution in [0.25, 0.3) is 6.08 Å². The van der Waals surface area contributed by atoms with Crippen molar-refractivity contribution in [3.63, 3.8) is 0 Å². The van der Waals surface area contributed by atoms with Crippen molar-refractivity contribution >= 4 is 35.0 Å². The zero-order valence-electron chi connectivity index (χ0n) is 13.2. The molecule has 0 saturated carbocycles. The van der Waals surface area contributed by atoms with Crippen LogP contribution in [0.15, 0.2) is 42.5 Å². The Morgan fingerprint density at radius 2 is 1.78 bits per heavy atom. The van der Waals surface area contributed by atoms with Crippen molar-refractivity contribution in [3.8, 4) is 5.75 Å². The summed E-state index contributed by atoms with van der Waals surface area (Å²) < 4.78 is 6.52. The van der Waals surface area contributed by atoms with Gasteiger partial charge < -0.3 is 9.64 Å². The van der Waals surface area contributed by atoms with E-state index in [1.807, 2.05) is 6.07 Å². The minimum atomic E-state index is -0.627. The first kappa shape index (κ1) is 14.9. The van der Waals surface area contributed by atoms with Crippen molar-refractivity contribution in [2.24, 2.45) is 0 Å². The Hall–Kier alpha value is -1.64. The van der Waals surface area contributed by atoms with E-state index in [1.165, 1.54) is 11.3 Å². The van der Waals surface area contributed by atoms with Crippen LogP contribution in [0.5, 0.6) is 5.75 Å². The van der Waals surface area contributed by atoms with Crippen LogP contribution < -0.4 is 9.64 Å². The molecular weight excluding hydrogens is 329 g/mol. The van der Waals surface area contributed by atoms with Gasteiger partial charge in [0.1, 0.15) is 10.8 Å². The van der Waals surface area contributed by atoms with Gasteiger partial charge in [-0.2, -0.15) is 0 Å². The predicted octanol–water partition coefficient (Wildman–Crippen LogP) is 5.52. The smallest absolute Gasteiger partial charge is 0.211 e. The number of ether oxygens (including phenoxy) is 1. The van der Waals surface area contributed by atoms with Crippen molar-refractivity contribution in [2.45, 2.75) is 25.0 Å². The second kappa shape index (κ2) is 4.68. The van der Waals surface area contributed by atoms with Crippen LogP contribution in [0.2, 0.25) is 10.0 Å². The lowest BCUT2D eigenvalue weighted by Gasteiger charge is -2.46. The zero-order valence-corrected chi connectivity index (χ0v) is 14.7. The third kappa shape index (κ3) is 1.76. The van der Waals surface area contributed by atoms with Crippen LogP contribution in [0.3, 0.4) is 0 Å². The number of hydrogen-bond acceptors (Lipinski definition) is 2. The number of anilines is 1. The highest BCUT2D eigenvalue weighted by atomic mass is 35.5. The molecule has 118 valence electrons. The number of fused-ring (bicyclic) bond motifs is 2. The molecule has 1 unspecified atom stereocenters. The standard InChI is InChI=1S/C19H17Cl2NO/c1-18(2)13-6-4-5-7-15(13)22(3)19(18)11-10-12-8-9-14(20)16(21)17(12)23-19/h4-11H,1-3H3. The van der Waals surface area contributed by atoms with E-state index < -0.39 is 5.72 Å². The summed E-state index contributed by atoms with van der Waals surface area (Å²) in [4.78, 5) is 2.18. The average molecular weight is 346 g/mol. The number of nitrogens with zero attached hydrogens (tertiary/aromatic N) is 1. The molecule has 23 heavy (non-hydrogen) atoms. The summed E-state index contributed by atoms with van der Waals surface area (Å²) in [6.45, 7) is 4.40. The van der Waals surface area contributed by atoms with Crippen LogP contribution >= 0.6 is 23.2 Å². The van der Waals surface area contributed by atoms with Gasteiger partial charge >= 0.3 is 0 Å². The van der Waals surface area contributed by atoms with Crippen molar-refractivity contribution in [2.75, 3.05) is 11.9 Å². The Morgan fingerprint density at radius 1 is 1.04 bits per heavy atom. The molecule has 1 atom stereocenters. The molecule has 4 heteroatoms. The molecule has 0 aliphatic carbocycles. The molecule has 0 N–H and O–H groups in total. The molecule has 2 nitrogen and oxygen atoms in total. The van der Waals surface area contributed by atoms with Crippen LogP contribution in [0.4, 0.5) is 5.69 Å². The molecule has 0 bridgehead atoms. The molecule has 0 fully saturated rings. The first-order chi connectivity index (χ1) is 10.9.